The Labute approximate surface area is 122 Å². The molecule has 0 aliphatic rings. The molecule has 3 nitrogen and oxygen atoms in total. The minimum absolute atomic E-state index is 0.0908. The van der Waals surface area contributed by atoms with Crippen LogP contribution in [0.3, 0.4) is 0 Å². The smallest absolute Gasteiger partial charge is 0.228 e. The third-order valence-corrected chi connectivity index (χ3v) is 3.07. The maximum Gasteiger partial charge on any atom is 0.228 e. The van der Waals surface area contributed by atoms with Gasteiger partial charge >= 0.3 is 0 Å². The number of nitrogens with two attached hydrogens (primary N) is 1. The molecule has 20 heavy (non-hydrogen) atoms. The Morgan fingerprint density at radius 3 is 2.45 bits per heavy atom. The molecule has 1 atom stereocenters. The Hall–Kier alpha value is -1.20. The van der Waals surface area contributed by atoms with Crippen molar-refractivity contribution in [1.29, 1.82) is 0 Å². The highest BCUT2D eigenvalue weighted by atomic mass is 35.5. The number of anilines is 1. The van der Waals surface area contributed by atoms with Gasteiger partial charge in [-0.25, -0.2) is 8.78 Å². The van der Waals surface area contributed by atoms with Crippen molar-refractivity contribution in [3.63, 3.8) is 0 Å². The lowest BCUT2D eigenvalue weighted by Gasteiger charge is -2.24. The fourth-order valence-corrected chi connectivity index (χ4v) is 2.15. The van der Waals surface area contributed by atoms with Crippen molar-refractivity contribution in [2.24, 2.45) is 17.1 Å². The molecule has 0 spiro atoms. The van der Waals surface area contributed by atoms with E-state index in [4.69, 9.17) is 17.3 Å². The van der Waals surface area contributed by atoms with Crippen molar-refractivity contribution in [2.45, 2.75) is 27.2 Å². The molecule has 0 fully saturated rings. The molecule has 0 aromatic heterocycles. The normalized spacial score (nSPS) is 13.2. The molecule has 1 aromatic carbocycles. The van der Waals surface area contributed by atoms with E-state index in [1.807, 2.05) is 20.8 Å². The molecule has 3 N–H and O–H groups in total. The number of hydrogen-bond donors (Lipinski definition) is 2. The van der Waals surface area contributed by atoms with Crippen molar-refractivity contribution >= 4 is 23.2 Å². The summed E-state index contributed by atoms with van der Waals surface area (Å²) in [6.07, 6.45) is 0.551. The maximum absolute atomic E-state index is 13.6. The fourth-order valence-electron chi connectivity index (χ4n) is 1.91. The standard InChI is InChI=1S/C14H19ClF2N2O/c1-14(2,3)6-8(7-18)13(20)19-12-10(15)4-9(16)5-11(12)17/h4-5,8H,6-7,18H2,1-3H3,(H,19,20). The quantitative estimate of drug-likeness (QED) is 0.893. The van der Waals surface area contributed by atoms with Crippen LogP contribution in [0.5, 0.6) is 0 Å². The summed E-state index contributed by atoms with van der Waals surface area (Å²) in [6, 6.07) is 1.62. The summed E-state index contributed by atoms with van der Waals surface area (Å²) in [5, 5.41) is 2.21. The van der Waals surface area contributed by atoms with Gasteiger partial charge in [0.05, 0.1) is 16.6 Å². The molecule has 1 rings (SSSR count). The summed E-state index contributed by atoms with van der Waals surface area (Å²) in [4.78, 5) is 12.1. The first kappa shape index (κ1) is 16.9. The van der Waals surface area contributed by atoms with Crippen LogP contribution in [-0.2, 0) is 4.79 Å². The molecule has 0 bridgehead atoms. The van der Waals surface area contributed by atoms with Crippen LogP contribution in [0.4, 0.5) is 14.5 Å². The van der Waals surface area contributed by atoms with Crippen molar-refractivity contribution < 1.29 is 13.6 Å². The second-order valence-corrected chi connectivity index (χ2v) is 6.34. The van der Waals surface area contributed by atoms with E-state index in [0.717, 1.165) is 6.07 Å². The second kappa shape index (κ2) is 6.50. The van der Waals surface area contributed by atoms with Crippen molar-refractivity contribution in [3.8, 4) is 0 Å². The van der Waals surface area contributed by atoms with Gasteiger partial charge in [-0.2, -0.15) is 0 Å². The topological polar surface area (TPSA) is 55.1 Å². The monoisotopic (exact) mass is 304 g/mol. The van der Waals surface area contributed by atoms with Crippen LogP contribution in [0, 0.1) is 23.0 Å². The van der Waals surface area contributed by atoms with E-state index in [1.165, 1.54) is 0 Å². The van der Waals surface area contributed by atoms with Crippen LogP contribution in [0.2, 0.25) is 5.02 Å². The van der Waals surface area contributed by atoms with Gasteiger partial charge in [0.15, 0.2) is 5.82 Å². The first-order chi connectivity index (χ1) is 9.14. The van der Waals surface area contributed by atoms with Crippen LogP contribution in [0.15, 0.2) is 12.1 Å². The van der Waals surface area contributed by atoms with Gasteiger partial charge in [0.2, 0.25) is 5.91 Å². The highest BCUT2D eigenvalue weighted by molar-refractivity contribution is 6.33. The van der Waals surface area contributed by atoms with Gasteiger partial charge in [0, 0.05) is 12.6 Å². The highest BCUT2D eigenvalue weighted by Crippen LogP contribution is 2.29. The molecule has 0 radical (unpaired) electrons. The summed E-state index contributed by atoms with van der Waals surface area (Å²) in [6.45, 7) is 6.08. The zero-order chi connectivity index (χ0) is 15.5. The molecule has 1 aromatic rings. The van der Waals surface area contributed by atoms with E-state index < -0.39 is 23.5 Å². The van der Waals surface area contributed by atoms with E-state index in [9.17, 15) is 13.6 Å². The summed E-state index contributed by atoms with van der Waals surface area (Å²) in [5.74, 6) is -2.59. The van der Waals surface area contributed by atoms with Crippen molar-refractivity contribution in [1.82, 2.24) is 0 Å². The molecule has 0 heterocycles. The number of nitrogens with one attached hydrogen (secondary N) is 1. The van der Waals surface area contributed by atoms with Gasteiger partial charge in [-0.1, -0.05) is 32.4 Å². The van der Waals surface area contributed by atoms with E-state index in [-0.39, 0.29) is 22.7 Å². The molecule has 6 heteroatoms. The Balaban J connectivity index is 2.89. The van der Waals surface area contributed by atoms with Crippen molar-refractivity contribution in [3.05, 3.63) is 28.8 Å². The molecule has 112 valence electrons. The largest absolute Gasteiger partial charge is 0.330 e. The number of rotatable bonds is 4. The molecule has 0 aliphatic heterocycles. The second-order valence-electron chi connectivity index (χ2n) is 5.93. The SMILES string of the molecule is CC(C)(C)CC(CN)C(=O)Nc1c(F)cc(F)cc1Cl. The van der Waals surface area contributed by atoms with Gasteiger partial charge in [-0.15, -0.1) is 0 Å². The lowest BCUT2D eigenvalue weighted by Crippen LogP contribution is -2.32. The van der Waals surface area contributed by atoms with E-state index in [2.05, 4.69) is 5.32 Å². The third-order valence-electron chi connectivity index (χ3n) is 2.77. The highest BCUT2D eigenvalue weighted by Gasteiger charge is 2.25. The summed E-state index contributed by atoms with van der Waals surface area (Å²) in [5.41, 5.74) is 5.28. The molecule has 1 amide bonds. The minimum atomic E-state index is -0.908. The lowest BCUT2D eigenvalue weighted by molar-refractivity contribution is -0.120. The fraction of sp³-hybridized carbons (Fsp3) is 0.500. The number of benzene rings is 1. The van der Waals surface area contributed by atoms with Gasteiger partial charge in [0.1, 0.15) is 5.82 Å². The zero-order valence-electron chi connectivity index (χ0n) is 11.8. The molecule has 0 saturated carbocycles. The first-order valence-corrected chi connectivity index (χ1v) is 6.67. The Bertz CT molecular complexity index is 477. The molecule has 0 aliphatic carbocycles. The third kappa shape index (κ3) is 4.72. The lowest BCUT2D eigenvalue weighted by atomic mass is 9.84. The Kier molecular flexibility index (Phi) is 5.48. The average Bonchev–Trinajstić information content (AvgIpc) is 2.29. The number of carbonyl (C=O) groups excluding carboxylic acids is 1. The van der Waals surface area contributed by atoms with E-state index in [1.54, 1.807) is 0 Å². The van der Waals surface area contributed by atoms with Crippen LogP contribution < -0.4 is 11.1 Å². The predicted molar refractivity (Wildman–Crippen MR) is 76.6 cm³/mol. The van der Waals surface area contributed by atoms with Crippen LogP contribution >= 0.6 is 11.6 Å². The molecular formula is C14H19ClF2N2O. The predicted octanol–water partition coefficient (Wildman–Crippen LogP) is 3.57. The number of halogens is 3. The number of hydrogen-bond acceptors (Lipinski definition) is 2. The molecule has 0 saturated heterocycles. The van der Waals surface area contributed by atoms with E-state index in [0.29, 0.717) is 12.5 Å². The van der Waals surface area contributed by atoms with Gasteiger partial charge in [-0.3, -0.25) is 4.79 Å². The molecular weight excluding hydrogens is 286 g/mol. The first-order valence-electron chi connectivity index (χ1n) is 6.29. The summed E-state index contributed by atoms with van der Waals surface area (Å²) in [7, 11) is 0. The van der Waals surface area contributed by atoms with Crippen LogP contribution in [0.1, 0.15) is 27.2 Å². The van der Waals surface area contributed by atoms with Gasteiger partial charge < -0.3 is 11.1 Å². The summed E-state index contributed by atoms with van der Waals surface area (Å²) >= 11 is 5.73. The van der Waals surface area contributed by atoms with Crippen molar-refractivity contribution in [2.75, 3.05) is 11.9 Å². The average molecular weight is 305 g/mol. The van der Waals surface area contributed by atoms with Gasteiger partial charge in [-0.05, 0) is 17.9 Å². The van der Waals surface area contributed by atoms with Crippen LogP contribution in [0.25, 0.3) is 0 Å². The number of carbonyl (C=O) groups is 1. The number of amides is 1. The summed E-state index contributed by atoms with van der Waals surface area (Å²) < 4.78 is 26.5. The van der Waals surface area contributed by atoms with E-state index >= 15 is 0 Å². The van der Waals surface area contributed by atoms with Gasteiger partial charge in [0.25, 0.3) is 0 Å². The Morgan fingerprint density at radius 2 is 2.00 bits per heavy atom. The Morgan fingerprint density at radius 1 is 1.40 bits per heavy atom. The minimum Gasteiger partial charge on any atom is -0.330 e. The van der Waals surface area contributed by atoms with Crippen LogP contribution in [-0.4, -0.2) is 12.5 Å². The molecule has 1 unspecified atom stereocenters. The maximum atomic E-state index is 13.6. The zero-order valence-corrected chi connectivity index (χ0v) is 12.5.